The van der Waals surface area contributed by atoms with Gasteiger partial charge in [-0.15, -0.1) is 0 Å². The van der Waals surface area contributed by atoms with Crippen LogP contribution in [0, 0.1) is 0 Å². The van der Waals surface area contributed by atoms with Crippen molar-refractivity contribution in [1.82, 2.24) is 0 Å². The van der Waals surface area contributed by atoms with E-state index in [1.54, 1.807) is 74.5 Å². The lowest BCUT2D eigenvalue weighted by Crippen LogP contribution is -2.29. The van der Waals surface area contributed by atoms with Gasteiger partial charge in [0.05, 0.1) is 34.2 Å². The van der Waals surface area contributed by atoms with E-state index in [0.29, 0.717) is 22.8 Å². The molecule has 12 rings (SSSR count). The van der Waals surface area contributed by atoms with Gasteiger partial charge in [0.15, 0.2) is 23.5 Å². The number of hydrogen-bond donors (Lipinski definition) is 2. The third kappa shape index (κ3) is 17.4. The van der Waals surface area contributed by atoms with Crippen LogP contribution in [0.15, 0.2) is 294 Å². The van der Waals surface area contributed by atoms with Crippen LogP contribution in [0.25, 0.3) is 22.3 Å². The molecule has 2 aliphatic carbocycles. The Balaban J connectivity index is 0.000000181. The molecule has 0 saturated carbocycles. The molecular weight excluding hydrogens is 1370 g/mol. The quantitative estimate of drug-likeness (QED) is 0.0559. The summed E-state index contributed by atoms with van der Waals surface area (Å²) in [6, 6.07) is 55.0. The van der Waals surface area contributed by atoms with Crippen LogP contribution < -0.4 is 19.8 Å². The fraction of sp³-hybridized carbons (Fsp3) is 0.154. The molecule has 2 amide bonds. The first-order valence-electron chi connectivity index (χ1n) is 31.9. The molecule has 4 aliphatic rings. The van der Waals surface area contributed by atoms with E-state index in [2.05, 4.69) is 159 Å². The summed E-state index contributed by atoms with van der Waals surface area (Å²) < 4.78 is 74.5. The van der Waals surface area contributed by atoms with Crippen LogP contribution in [-0.4, -0.2) is 138 Å². The van der Waals surface area contributed by atoms with Gasteiger partial charge in [-0.3, -0.25) is 18.7 Å². The number of halogens is 2. The number of amides is 2. The molecule has 2 heterocycles. The number of allylic oxidation sites excluding steroid dienone is 10. The van der Waals surface area contributed by atoms with E-state index in [4.69, 9.17) is 23.2 Å². The lowest BCUT2D eigenvalue weighted by molar-refractivity contribution is -0.462. The number of hydrazone groups is 2. The summed E-state index contributed by atoms with van der Waals surface area (Å²) in [5, 5.41) is 28.4. The molecule has 2 aliphatic heterocycles. The second-order valence-corrected chi connectivity index (χ2v) is 28.1. The Kier molecular flexibility index (Phi) is 23.2. The molecule has 2 atom stereocenters. The second-order valence-electron chi connectivity index (χ2n) is 24.5. The number of nitrogens with zero attached hydrogens (tertiary/aromatic N) is 12. The Morgan fingerprint density at radius 1 is 0.451 bits per heavy atom. The summed E-state index contributed by atoms with van der Waals surface area (Å²) in [5.74, 6) is -0.986. The van der Waals surface area contributed by atoms with Gasteiger partial charge in [-0.25, -0.2) is 9.15 Å². The SMILES string of the molecule is CC1=NN(c2ccccc2)C(=O)C1N=Nc1ccc(-c2ccc(N=NC3C(=O)N(c4ccccc4)N=C3C)cc2S(=O)(=O)O)c(S(=O)(=O)O)c1.CN(C)c1ccc(C(=C2C=CC(=[N+](C)C)C=C2)c2ccccc2Cl)cc1.CN(C)c1ccc(C(=C2C=CC(=[N+](C)C)C=C2)c2ccccc2Cl)cc1. The van der Waals surface area contributed by atoms with Gasteiger partial charge in [-0.05, 0) is 157 Å². The van der Waals surface area contributed by atoms with E-state index in [1.807, 2.05) is 92.8 Å². The van der Waals surface area contributed by atoms with Crippen molar-refractivity contribution in [2.75, 3.05) is 76.2 Å². The highest BCUT2D eigenvalue weighted by Gasteiger charge is 2.36. The minimum atomic E-state index is -5.02. The number of carbonyl (C=O) groups excluding carboxylic acids is 2. The Morgan fingerprint density at radius 3 is 1.08 bits per heavy atom. The molecule has 8 aromatic carbocycles. The maximum Gasteiger partial charge on any atom is 0.295 e. The fourth-order valence-corrected chi connectivity index (χ4v) is 13.1. The summed E-state index contributed by atoms with van der Waals surface area (Å²) in [7, 11) is 6.36. The van der Waals surface area contributed by atoms with Gasteiger partial charge >= 0.3 is 0 Å². The third-order valence-corrected chi connectivity index (χ3v) is 19.0. The maximum absolute atomic E-state index is 13.0. The average molecular weight is 1440 g/mol. The van der Waals surface area contributed by atoms with Crippen LogP contribution in [0.5, 0.6) is 0 Å². The largest absolute Gasteiger partial charge is 0.378 e. The molecule has 2 unspecified atom stereocenters. The van der Waals surface area contributed by atoms with Crippen LogP contribution in [0.3, 0.4) is 0 Å². The van der Waals surface area contributed by atoms with Gasteiger partial charge in [0, 0.05) is 96.2 Å². The molecule has 518 valence electrons. The molecule has 2 N–H and O–H groups in total. The summed E-state index contributed by atoms with van der Waals surface area (Å²) in [5.41, 5.74) is 14.6. The zero-order valence-corrected chi connectivity index (χ0v) is 60.7. The van der Waals surface area contributed by atoms with E-state index in [9.17, 15) is 35.5 Å². The standard InChI is InChI=1S/C32H26N8O8S2.2C23H24ClN2/c1-19-29(31(41)39(37-19)23-9-5-3-6-10-23)35-33-21-13-15-25(27(17-21)49(43,44)45)26-16-14-22(18-28(26)50(46,47)48)34-36-30-20(2)38-40(32(30)42)24-11-7-4-8-12-24;2*1-25(2)19-13-9-17(10-14-19)23(21-7-5-6-8-22(21)24)18-11-15-20(16-12-18)26(3)4/h3-18,29-30H,1-2H3,(H,43,44,45)(H,46,47,48);2*5-16H,1-4H3/q;2*+1. The summed E-state index contributed by atoms with van der Waals surface area (Å²) in [6.45, 7) is 3.16. The van der Waals surface area contributed by atoms with Crippen molar-refractivity contribution < 1.29 is 44.7 Å². The van der Waals surface area contributed by atoms with Crippen molar-refractivity contribution in [2.24, 2.45) is 30.7 Å². The Labute approximate surface area is 604 Å². The van der Waals surface area contributed by atoms with Gasteiger partial charge in [0.25, 0.3) is 32.1 Å². The van der Waals surface area contributed by atoms with Crippen LogP contribution >= 0.6 is 23.2 Å². The molecule has 24 heteroatoms. The molecule has 0 radical (unpaired) electrons. The normalized spacial score (nSPS) is 15.7. The fourth-order valence-electron chi connectivity index (χ4n) is 11.1. The molecule has 8 aromatic rings. The minimum Gasteiger partial charge on any atom is -0.378 e. The second kappa shape index (κ2) is 32.1. The van der Waals surface area contributed by atoms with E-state index < -0.39 is 53.9 Å². The van der Waals surface area contributed by atoms with E-state index in [0.717, 1.165) is 78.9 Å². The minimum absolute atomic E-state index is 0.0956. The highest BCUT2D eigenvalue weighted by molar-refractivity contribution is 7.86. The van der Waals surface area contributed by atoms with Crippen molar-refractivity contribution in [2.45, 2.75) is 35.7 Å². The predicted molar refractivity (Wildman–Crippen MR) is 409 cm³/mol. The number of azo groups is 2. The van der Waals surface area contributed by atoms with E-state index >= 15 is 0 Å². The van der Waals surface area contributed by atoms with E-state index in [1.165, 1.54) is 44.9 Å². The van der Waals surface area contributed by atoms with Crippen molar-refractivity contribution in [1.29, 1.82) is 0 Å². The average Bonchev–Trinajstić information content (AvgIpc) is 0.988. The van der Waals surface area contributed by atoms with Crippen molar-refractivity contribution in [3.63, 3.8) is 0 Å². The number of hydrogen-bond acceptors (Lipinski definition) is 14. The van der Waals surface area contributed by atoms with E-state index in [-0.39, 0.29) is 22.5 Å². The third-order valence-electron chi connectivity index (χ3n) is 16.5. The number of benzene rings is 8. The van der Waals surface area contributed by atoms with Crippen LogP contribution in [0.1, 0.15) is 36.1 Å². The number of rotatable bonds is 15. The zero-order chi connectivity index (χ0) is 73.2. The predicted octanol–water partition coefficient (Wildman–Crippen LogP) is 15.7. The first-order chi connectivity index (χ1) is 48.7. The van der Waals surface area contributed by atoms with Gasteiger partial charge < -0.3 is 9.80 Å². The molecular formula is C78H74Cl2N12O8S2+2. The molecule has 0 saturated heterocycles. The highest BCUT2D eigenvalue weighted by atomic mass is 35.5. The van der Waals surface area contributed by atoms with Crippen molar-refractivity contribution >= 4 is 123 Å². The topological polar surface area (TPSA) is 236 Å². The first kappa shape index (κ1) is 73.7. The monoisotopic (exact) mass is 1440 g/mol. The van der Waals surface area contributed by atoms with Crippen molar-refractivity contribution in [3.05, 3.63) is 286 Å². The highest BCUT2D eigenvalue weighted by Crippen LogP contribution is 2.40. The zero-order valence-electron chi connectivity index (χ0n) is 57.5. The smallest absolute Gasteiger partial charge is 0.295 e. The van der Waals surface area contributed by atoms with Crippen LogP contribution in [0.4, 0.5) is 34.1 Å². The molecule has 0 fully saturated rings. The Morgan fingerprint density at radius 2 is 0.775 bits per heavy atom. The molecule has 0 bridgehead atoms. The number of carbonyl (C=O) groups is 2. The van der Waals surface area contributed by atoms with Crippen LogP contribution in [0.2, 0.25) is 10.0 Å². The Bertz CT molecular complexity index is 4830. The summed E-state index contributed by atoms with van der Waals surface area (Å²) in [4.78, 5) is 28.7. The maximum atomic E-state index is 13.0. The van der Waals surface area contributed by atoms with Gasteiger partial charge in [-0.2, -0.15) is 57.5 Å². The molecule has 0 spiro atoms. The summed E-state index contributed by atoms with van der Waals surface area (Å²) in [6.07, 6.45) is 17.2. The first-order valence-corrected chi connectivity index (χ1v) is 35.6. The van der Waals surface area contributed by atoms with Gasteiger partial charge in [0.2, 0.25) is 0 Å². The summed E-state index contributed by atoms with van der Waals surface area (Å²) >= 11 is 13.1. The molecule has 102 heavy (non-hydrogen) atoms. The number of anilines is 4. The number of para-hydroxylation sites is 2. The lowest BCUT2D eigenvalue weighted by atomic mass is 9.90. The van der Waals surface area contributed by atoms with Gasteiger partial charge in [-0.1, -0.05) is 132 Å². The molecule has 20 nitrogen and oxygen atoms in total. The lowest BCUT2D eigenvalue weighted by Gasteiger charge is -2.17. The van der Waals surface area contributed by atoms with Gasteiger partial charge in [0.1, 0.15) is 38.0 Å². The van der Waals surface area contributed by atoms with Crippen molar-refractivity contribution in [3.8, 4) is 11.1 Å². The van der Waals surface area contributed by atoms with Crippen LogP contribution in [-0.2, 0) is 29.8 Å². The molecule has 0 aromatic heterocycles. The Hall–Kier alpha value is -11.0.